The highest BCUT2D eigenvalue weighted by molar-refractivity contribution is 5.70. The van der Waals surface area contributed by atoms with Crippen LogP contribution in [-0.2, 0) is 19.0 Å². The smallest absolute Gasteiger partial charge is 0.308 e. The van der Waals surface area contributed by atoms with Gasteiger partial charge in [0.15, 0.2) is 6.29 Å². The second-order valence-corrected chi connectivity index (χ2v) is 8.16. The van der Waals surface area contributed by atoms with Gasteiger partial charge >= 0.3 is 5.97 Å². The summed E-state index contributed by atoms with van der Waals surface area (Å²) in [6.07, 6.45) is -1.97. The van der Waals surface area contributed by atoms with Gasteiger partial charge in [-0.3, -0.25) is 4.79 Å². The predicted octanol–water partition coefficient (Wildman–Crippen LogP) is 1.79. The molecule has 148 valence electrons. The summed E-state index contributed by atoms with van der Waals surface area (Å²) in [5.74, 6) is -1.94. The Morgan fingerprint density at radius 2 is 1.96 bits per heavy atom. The van der Waals surface area contributed by atoms with E-state index in [9.17, 15) is 20.1 Å². The second kappa shape index (κ2) is 8.31. The van der Waals surface area contributed by atoms with Gasteiger partial charge in [0.25, 0.3) is 0 Å². The molecule has 7 heteroatoms. The number of aliphatic carboxylic acids is 1. The maximum Gasteiger partial charge on any atom is 0.308 e. The van der Waals surface area contributed by atoms with Crippen molar-refractivity contribution in [3.8, 4) is 0 Å². The largest absolute Gasteiger partial charge is 0.481 e. The van der Waals surface area contributed by atoms with Crippen molar-refractivity contribution < 1.29 is 34.3 Å². The van der Waals surface area contributed by atoms with Gasteiger partial charge in [-0.25, -0.2) is 0 Å². The van der Waals surface area contributed by atoms with Crippen LogP contribution in [0.5, 0.6) is 0 Å². The summed E-state index contributed by atoms with van der Waals surface area (Å²) < 4.78 is 17.2. The van der Waals surface area contributed by atoms with Crippen molar-refractivity contribution in [1.82, 2.24) is 0 Å². The molecule has 3 N–H and O–H groups in total. The van der Waals surface area contributed by atoms with E-state index in [1.165, 1.54) is 7.11 Å². The molecular formula is C18H34O7. The number of rotatable bonds is 8. The molecule has 7 atom stereocenters. The predicted molar refractivity (Wildman–Crippen MR) is 92.1 cm³/mol. The van der Waals surface area contributed by atoms with Crippen molar-refractivity contribution in [1.29, 1.82) is 0 Å². The standard InChI is InChI=1S/C18H34O7/c1-10(8-17(4,5)22)14(11(2)16(20)21)25-13-9-18(6,23-7)15(19)12(3)24-13/h10-15,19,22H,8-9H2,1-7H3,(H,20,21)/t10-,11-,12?,13+,14+,15+,18?/m1/s1. The molecule has 0 radical (unpaired) electrons. The van der Waals surface area contributed by atoms with Crippen molar-refractivity contribution in [2.24, 2.45) is 11.8 Å². The first-order valence-electron chi connectivity index (χ1n) is 8.80. The molecule has 0 saturated carbocycles. The zero-order chi connectivity index (χ0) is 19.6. The molecule has 0 aromatic heterocycles. The molecule has 0 aliphatic carbocycles. The average Bonchev–Trinajstić information content (AvgIpc) is 2.47. The van der Waals surface area contributed by atoms with E-state index >= 15 is 0 Å². The molecule has 2 unspecified atom stereocenters. The van der Waals surface area contributed by atoms with E-state index in [-0.39, 0.29) is 12.3 Å². The molecule has 1 fully saturated rings. The van der Waals surface area contributed by atoms with E-state index in [4.69, 9.17) is 14.2 Å². The number of methoxy groups -OCH3 is 1. The van der Waals surface area contributed by atoms with Crippen molar-refractivity contribution in [3.63, 3.8) is 0 Å². The summed E-state index contributed by atoms with van der Waals surface area (Å²) in [6, 6.07) is 0. The number of ether oxygens (including phenoxy) is 3. The van der Waals surface area contributed by atoms with Gasteiger partial charge in [-0.15, -0.1) is 0 Å². The van der Waals surface area contributed by atoms with Gasteiger partial charge in [0.2, 0.25) is 0 Å². The first-order chi connectivity index (χ1) is 11.3. The number of carboxylic acid groups (broad SMARTS) is 1. The van der Waals surface area contributed by atoms with Gasteiger partial charge < -0.3 is 29.5 Å². The monoisotopic (exact) mass is 362 g/mol. The van der Waals surface area contributed by atoms with Gasteiger partial charge in [0, 0.05) is 13.5 Å². The van der Waals surface area contributed by atoms with Gasteiger partial charge in [0.05, 0.1) is 29.3 Å². The third kappa shape index (κ3) is 5.89. The van der Waals surface area contributed by atoms with Crippen LogP contribution in [0.3, 0.4) is 0 Å². The Kier molecular flexibility index (Phi) is 7.41. The van der Waals surface area contributed by atoms with Crippen molar-refractivity contribution in [3.05, 3.63) is 0 Å². The van der Waals surface area contributed by atoms with Crippen LogP contribution < -0.4 is 0 Å². The quantitative estimate of drug-likeness (QED) is 0.604. The molecule has 1 heterocycles. The number of aliphatic hydroxyl groups excluding tert-OH is 1. The Morgan fingerprint density at radius 3 is 2.40 bits per heavy atom. The Morgan fingerprint density at radius 1 is 1.40 bits per heavy atom. The molecule has 1 rings (SSSR count). The lowest BCUT2D eigenvalue weighted by atomic mass is 9.84. The van der Waals surface area contributed by atoms with Crippen LogP contribution in [0.4, 0.5) is 0 Å². The normalized spacial score (nSPS) is 34.4. The Balaban J connectivity index is 2.95. The minimum atomic E-state index is -0.967. The molecule has 1 aliphatic heterocycles. The third-order valence-electron chi connectivity index (χ3n) is 5.05. The minimum absolute atomic E-state index is 0.203. The number of aliphatic hydroxyl groups is 2. The van der Waals surface area contributed by atoms with Gasteiger partial charge in [0.1, 0.15) is 6.10 Å². The Hall–Kier alpha value is -0.730. The lowest BCUT2D eigenvalue weighted by molar-refractivity contribution is -0.295. The summed E-state index contributed by atoms with van der Waals surface area (Å²) in [4.78, 5) is 11.5. The third-order valence-corrected chi connectivity index (χ3v) is 5.05. The summed E-state index contributed by atoms with van der Waals surface area (Å²) >= 11 is 0. The molecule has 1 aliphatic rings. The zero-order valence-corrected chi connectivity index (χ0v) is 16.4. The highest BCUT2D eigenvalue weighted by Gasteiger charge is 2.47. The summed E-state index contributed by atoms with van der Waals surface area (Å²) in [7, 11) is 1.52. The first-order valence-corrected chi connectivity index (χ1v) is 8.80. The Labute approximate surface area is 150 Å². The van der Waals surface area contributed by atoms with Crippen molar-refractivity contribution >= 4 is 5.97 Å². The zero-order valence-electron chi connectivity index (χ0n) is 16.4. The molecule has 0 amide bonds. The van der Waals surface area contributed by atoms with E-state index in [0.717, 1.165) is 0 Å². The van der Waals surface area contributed by atoms with Crippen LogP contribution in [0.1, 0.15) is 54.4 Å². The van der Waals surface area contributed by atoms with Crippen LogP contribution >= 0.6 is 0 Å². The lowest BCUT2D eigenvalue weighted by Crippen LogP contribution is -2.57. The molecule has 7 nitrogen and oxygen atoms in total. The van der Waals surface area contributed by atoms with Gasteiger partial charge in [-0.2, -0.15) is 0 Å². The van der Waals surface area contributed by atoms with Crippen molar-refractivity contribution in [2.45, 2.75) is 90.2 Å². The topological polar surface area (TPSA) is 105 Å². The number of hydrogen-bond acceptors (Lipinski definition) is 6. The van der Waals surface area contributed by atoms with Crippen LogP contribution in [0, 0.1) is 11.8 Å². The number of carboxylic acids is 1. The molecule has 0 aromatic rings. The highest BCUT2D eigenvalue weighted by atomic mass is 16.7. The maximum absolute atomic E-state index is 11.5. The van der Waals surface area contributed by atoms with E-state index in [1.807, 2.05) is 6.92 Å². The van der Waals surface area contributed by atoms with Crippen LogP contribution in [-0.4, -0.2) is 64.2 Å². The first kappa shape index (κ1) is 22.3. The Bertz CT molecular complexity index is 447. The molecule has 0 aromatic carbocycles. The van der Waals surface area contributed by atoms with E-state index in [1.54, 1.807) is 34.6 Å². The van der Waals surface area contributed by atoms with Gasteiger partial charge in [-0.1, -0.05) is 6.92 Å². The lowest BCUT2D eigenvalue weighted by Gasteiger charge is -2.45. The molecular weight excluding hydrogens is 328 g/mol. The average molecular weight is 362 g/mol. The van der Waals surface area contributed by atoms with Crippen molar-refractivity contribution in [2.75, 3.05) is 7.11 Å². The fourth-order valence-corrected chi connectivity index (χ4v) is 3.56. The van der Waals surface area contributed by atoms with E-state index < -0.39 is 47.7 Å². The van der Waals surface area contributed by atoms with Crippen LogP contribution in [0.15, 0.2) is 0 Å². The number of hydrogen-bond donors (Lipinski definition) is 3. The summed E-state index contributed by atoms with van der Waals surface area (Å²) in [6.45, 7) is 10.3. The van der Waals surface area contributed by atoms with E-state index in [2.05, 4.69) is 0 Å². The van der Waals surface area contributed by atoms with E-state index in [0.29, 0.717) is 6.42 Å². The molecule has 0 spiro atoms. The van der Waals surface area contributed by atoms with Crippen LogP contribution in [0.25, 0.3) is 0 Å². The second-order valence-electron chi connectivity index (χ2n) is 8.16. The van der Waals surface area contributed by atoms with Gasteiger partial charge in [-0.05, 0) is 47.0 Å². The van der Waals surface area contributed by atoms with Crippen LogP contribution in [0.2, 0.25) is 0 Å². The highest BCUT2D eigenvalue weighted by Crippen LogP contribution is 2.35. The molecule has 0 bridgehead atoms. The fraction of sp³-hybridized carbons (Fsp3) is 0.944. The summed E-state index contributed by atoms with van der Waals surface area (Å²) in [5, 5.41) is 29.8. The minimum Gasteiger partial charge on any atom is -0.481 e. The maximum atomic E-state index is 11.5. The SMILES string of the molecule is COC1(C)C[C@H](O[C@@H]([C@H](C)CC(C)(C)O)[C@@H](C)C(=O)O)OC(C)[C@@H]1O. The fourth-order valence-electron chi connectivity index (χ4n) is 3.56. The number of carbonyl (C=O) groups is 1. The molecule has 25 heavy (non-hydrogen) atoms. The molecule has 1 saturated heterocycles. The summed E-state index contributed by atoms with van der Waals surface area (Å²) in [5.41, 5.74) is -1.77.